The van der Waals surface area contributed by atoms with Crippen LogP contribution in [0.2, 0.25) is 5.02 Å². The highest BCUT2D eigenvalue weighted by molar-refractivity contribution is 6.33. The van der Waals surface area contributed by atoms with E-state index in [2.05, 4.69) is 5.32 Å². The van der Waals surface area contributed by atoms with E-state index in [-0.39, 0.29) is 35.1 Å². The number of nitrogens with one attached hydrogen (secondary N) is 1. The van der Waals surface area contributed by atoms with Crippen molar-refractivity contribution in [3.63, 3.8) is 0 Å². The van der Waals surface area contributed by atoms with E-state index in [9.17, 15) is 14.4 Å². The largest absolute Gasteiger partial charge is 0.487 e. The Morgan fingerprint density at radius 3 is 2.45 bits per heavy atom. The number of hydrogen-bond acceptors (Lipinski definition) is 6. The highest BCUT2D eigenvalue weighted by atomic mass is 35.5. The zero-order chi connectivity index (χ0) is 22.6. The van der Waals surface area contributed by atoms with Crippen LogP contribution in [-0.2, 0) is 0 Å². The van der Waals surface area contributed by atoms with E-state index in [0.717, 1.165) is 0 Å². The third-order valence-corrected chi connectivity index (χ3v) is 4.39. The highest BCUT2D eigenvalue weighted by Gasteiger charge is 2.18. The van der Waals surface area contributed by atoms with Crippen LogP contribution in [-0.4, -0.2) is 24.0 Å². The SMILES string of the molecule is CC(C)(C)Oc1cc(=O)oc2cc(OC(=O)NCCC(=O)c3ccccc3)c(Cl)cc12. The molecular weight excluding hydrogens is 422 g/mol. The summed E-state index contributed by atoms with van der Waals surface area (Å²) in [4.78, 5) is 36.1. The van der Waals surface area contributed by atoms with Crippen molar-refractivity contribution in [3.05, 3.63) is 69.5 Å². The van der Waals surface area contributed by atoms with E-state index < -0.39 is 17.3 Å². The molecule has 0 spiro atoms. The molecule has 1 amide bonds. The minimum Gasteiger partial charge on any atom is -0.487 e. The normalized spacial score (nSPS) is 11.2. The fourth-order valence-electron chi connectivity index (χ4n) is 2.81. The van der Waals surface area contributed by atoms with E-state index in [1.165, 1.54) is 18.2 Å². The van der Waals surface area contributed by atoms with Gasteiger partial charge in [-0.05, 0) is 26.8 Å². The van der Waals surface area contributed by atoms with Gasteiger partial charge in [-0.25, -0.2) is 9.59 Å². The lowest BCUT2D eigenvalue weighted by Crippen LogP contribution is -2.29. The minimum absolute atomic E-state index is 0.0112. The Hall–Kier alpha value is -3.32. The van der Waals surface area contributed by atoms with Gasteiger partial charge in [0, 0.05) is 24.6 Å². The second kappa shape index (κ2) is 9.22. The lowest BCUT2D eigenvalue weighted by Gasteiger charge is -2.22. The molecule has 162 valence electrons. The molecule has 0 aliphatic carbocycles. The van der Waals surface area contributed by atoms with Crippen molar-refractivity contribution in [3.8, 4) is 11.5 Å². The van der Waals surface area contributed by atoms with Crippen molar-refractivity contribution in [2.45, 2.75) is 32.8 Å². The molecule has 0 fully saturated rings. The summed E-state index contributed by atoms with van der Waals surface area (Å²) in [6.45, 7) is 5.63. The quantitative estimate of drug-likeness (QED) is 0.426. The van der Waals surface area contributed by atoms with Crippen LogP contribution >= 0.6 is 11.6 Å². The predicted octanol–water partition coefficient (Wildman–Crippen LogP) is 4.99. The number of carbonyl (C=O) groups excluding carboxylic acids is 2. The van der Waals surface area contributed by atoms with Crippen LogP contribution in [0.1, 0.15) is 37.6 Å². The maximum atomic E-state index is 12.1. The summed E-state index contributed by atoms with van der Waals surface area (Å²) in [6.07, 6.45) is -0.668. The molecular formula is C23H22ClNO6. The van der Waals surface area contributed by atoms with Crippen LogP contribution in [0.25, 0.3) is 11.0 Å². The minimum atomic E-state index is -0.786. The number of rotatable bonds is 6. The Balaban J connectivity index is 1.70. The molecule has 1 aromatic heterocycles. The molecule has 0 aliphatic rings. The first-order valence-corrected chi connectivity index (χ1v) is 10.0. The van der Waals surface area contributed by atoms with Gasteiger partial charge in [-0.15, -0.1) is 0 Å². The molecule has 0 bridgehead atoms. The second-order valence-corrected chi connectivity index (χ2v) is 8.19. The van der Waals surface area contributed by atoms with Crippen LogP contribution in [0.4, 0.5) is 4.79 Å². The first kappa shape index (κ1) is 22.4. The molecule has 0 aliphatic heterocycles. The molecule has 2 aromatic carbocycles. The Bertz CT molecular complexity index is 1160. The van der Waals surface area contributed by atoms with Gasteiger partial charge in [0.05, 0.1) is 16.5 Å². The average Bonchev–Trinajstić information content (AvgIpc) is 2.68. The Morgan fingerprint density at radius 1 is 1.06 bits per heavy atom. The van der Waals surface area contributed by atoms with Gasteiger partial charge in [0.15, 0.2) is 11.5 Å². The summed E-state index contributed by atoms with van der Waals surface area (Å²) in [6, 6.07) is 12.9. The summed E-state index contributed by atoms with van der Waals surface area (Å²) in [5, 5.41) is 3.11. The highest BCUT2D eigenvalue weighted by Crippen LogP contribution is 2.35. The Morgan fingerprint density at radius 2 is 1.77 bits per heavy atom. The van der Waals surface area contributed by atoms with Gasteiger partial charge < -0.3 is 19.2 Å². The molecule has 0 atom stereocenters. The third-order valence-electron chi connectivity index (χ3n) is 4.10. The molecule has 7 nitrogen and oxygen atoms in total. The summed E-state index contributed by atoms with van der Waals surface area (Å²) in [5.41, 5.74) is -0.417. The van der Waals surface area contributed by atoms with Crippen molar-refractivity contribution >= 4 is 34.4 Å². The fourth-order valence-corrected chi connectivity index (χ4v) is 3.01. The van der Waals surface area contributed by atoms with Crippen LogP contribution in [0.5, 0.6) is 11.5 Å². The maximum absolute atomic E-state index is 12.1. The molecule has 1 N–H and O–H groups in total. The molecule has 0 unspecified atom stereocenters. The smallest absolute Gasteiger partial charge is 0.412 e. The monoisotopic (exact) mass is 443 g/mol. The van der Waals surface area contributed by atoms with Crippen LogP contribution < -0.4 is 20.4 Å². The van der Waals surface area contributed by atoms with Crippen molar-refractivity contribution in [1.29, 1.82) is 0 Å². The van der Waals surface area contributed by atoms with Gasteiger partial charge in [-0.1, -0.05) is 41.9 Å². The molecule has 8 heteroatoms. The number of Topliss-reactive ketones (excluding diaryl/α,β-unsaturated/α-hetero) is 1. The van der Waals surface area contributed by atoms with Crippen LogP contribution in [0.15, 0.2) is 57.7 Å². The molecule has 0 saturated heterocycles. The van der Waals surface area contributed by atoms with Crippen molar-refractivity contribution in [2.24, 2.45) is 0 Å². The Labute approximate surface area is 183 Å². The fraction of sp³-hybridized carbons (Fsp3) is 0.261. The topological polar surface area (TPSA) is 94.8 Å². The summed E-state index contributed by atoms with van der Waals surface area (Å²) < 4.78 is 16.2. The number of benzene rings is 2. The molecule has 31 heavy (non-hydrogen) atoms. The number of amides is 1. The lowest BCUT2D eigenvalue weighted by atomic mass is 10.1. The van der Waals surface area contributed by atoms with Gasteiger partial charge in [0.1, 0.15) is 16.9 Å². The first-order valence-electron chi connectivity index (χ1n) is 9.63. The van der Waals surface area contributed by atoms with Gasteiger partial charge in [-0.2, -0.15) is 0 Å². The summed E-state index contributed by atoms with van der Waals surface area (Å²) >= 11 is 6.26. The zero-order valence-corrected chi connectivity index (χ0v) is 18.1. The molecule has 1 heterocycles. The van der Waals surface area contributed by atoms with E-state index in [0.29, 0.717) is 16.7 Å². The van der Waals surface area contributed by atoms with E-state index in [1.807, 2.05) is 26.8 Å². The lowest BCUT2D eigenvalue weighted by molar-refractivity contribution is 0.0983. The van der Waals surface area contributed by atoms with Crippen LogP contribution in [0.3, 0.4) is 0 Å². The summed E-state index contributed by atoms with van der Waals surface area (Å²) in [7, 11) is 0. The van der Waals surface area contributed by atoms with Gasteiger partial charge in [0.25, 0.3) is 0 Å². The molecule has 0 radical (unpaired) electrons. The number of ketones is 1. The maximum Gasteiger partial charge on any atom is 0.412 e. The molecule has 3 aromatic rings. The van der Waals surface area contributed by atoms with E-state index in [1.54, 1.807) is 24.3 Å². The Kier molecular flexibility index (Phi) is 6.65. The number of fused-ring (bicyclic) bond motifs is 1. The van der Waals surface area contributed by atoms with Gasteiger partial charge in [0.2, 0.25) is 0 Å². The van der Waals surface area contributed by atoms with Crippen molar-refractivity contribution in [2.75, 3.05) is 6.54 Å². The number of carbonyl (C=O) groups is 2. The first-order chi connectivity index (χ1) is 14.6. The zero-order valence-electron chi connectivity index (χ0n) is 17.4. The number of ether oxygens (including phenoxy) is 2. The third kappa shape index (κ3) is 6.08. The predicted molar refractivity (Wildman–Crippen MR) is 117 cm³/mol. The van der Waals surface area contributed by atoms with Crippen molar-refractivity contribution < 1.29 is 23.5 Å². The van der Waals surface area contributed by atoms with Gasteiger partial charge in [-0.3, -0.25) is 4.79 Å². The van der Waals surface area contributed by atoms with Crippen LogP contribution in [0, 0.1) is 0 Å². The van der Waals surface area contributed by atoms with E-state index in [4.69, 9.17) is 25.5 Å². The van der Waals surface area contributed by atoms with Gasteiger partial charge >= 0.3 is 11.7 Å². The number of hydrogen-bond donors (Lipinski definition) is 1. The van der Waals surface area contributed by atoms with Crippen molar-refractivity contribution in [1.82, 2.24) is 5.32 Å². The molecule has 0 saturated carbocycles. The molecule has 3 rings (SSSR count). The second-order valence-electron chi connectivity index (χ2n) is 7.78. The standard InChI is InChI=1S/C23H22ClNO6/c1-23(2,3)31-19-13-21(27)29-18-12-20(16(24)11-15(18)19)30-22(28)25-10-9-17(26)14-7-5-4-6-8-14/h4-8,11-13H,9-10H2,1-3H3,(H,25,28). The van der Waals surface area contributed by atoms with E-state index >= 15 is 0 Å². The number of halogens is 1. The average molecular weight is 444 g/mol. The summed E-state index contributed by atoms with van der Waals surface area (Å²) in [5.74, 6) is 0.228.